The van der Waals surface area contributed by atoms with Crippen molar-refractivity contribution in [1.29, 1.82) is 0 Å². The van der Waals surface area contributed by atoms with Gasteiger partial charge in [-0.15, -0.1) is 17.9 Å². The van der Waals surface area contributed by atoms with Gasteiger partial charge in [0.05, 0.1) is 0 Å². The summed E-state index contributed by atoms with van der Waals surface area (Å²) in [5.41, 5.74) is 0. The van der Waals surface area contributed by atoms with Crippen molar-refractivity contribution in [3.05, 3.63) is 30.2 Å². The van der Waals surface area contributed by atoms with E-state index in [2.05, 4.69) is 23.7 Å². The third-order valence-electron chi connectivity index (χ3n) is 1.85. The minimum absolute atomic E-state index is 0.259. The summed E-state index contributed by atoms with van der Waals surface area (Å²) in [7, 11) is 0. The lowest BCUT2D eigenvalue weighted by molar-refractivity contribution is -0.127. The highest BCUT2D eigenvalue weighted by Crippen LogP contribution is 2.21. The third kappa shape index (κ3) is 3.84. The number of thiophene rings is 1. The Balaban J connectivity index is 2.59. The topological polar surface area (TPSA) is 61.8 Å². The van der Waals surface area contributed by atoms with Gasteiger partial charge in [0.1, 0.15) is 11.4 Å². The van der Waals surface area contributed by atoms with Crippen LogP contribution in [0.4, 0.5) is 5.00 Å². The quantitative estimate of drug-likeness (QED) is 0.359. The molecule has 1 aromatic heterocycles. The molecule has 0 spiro atoms. The molecule has 0 aromatic carbocycles. The Hall–Kier alpha value is -1.95. The SMILES string of the molecule is C=CCNC(=O)CC(=O)N(N=C)c1cccs1. The summed E-state index contributed by atoms with van der Waals surface area (Å²) < 4.78 is 0. The van der Waals surface area contributed by atoms with E-state index in [1.165, 1.54) is 11.3 Å². The maximum absolute atomic E-state index is 11.8. The molecule has 2 amide bonds. The number of hydrazone groups is 1. The monoisotopic (exact) mass is 251 g/mol. The molecular formula is C11H13N3O2S. The number of hydrogen-bond donors (Lipinski definition) is 1. The fourth-order valence-electron chi connectivity index (χ4n) is 1.12. The predicted molar refractivity (Wildman–Crippen MR) is 69.2 cm³/mol. The number of amides is 2. The first kappa shape index (κ1) is 13.1. The Kier molecular flexibility index (Phi) is 5.09. The van der Waals surface area contributed by atoms with Gasteiger partial charge in [-0.25, -0.2) is 0 Å². The van der Waals surface area contributed by atoms with Crippen molar-refractivity contribution < 1.29 is 9.59 Å². The summed E-state index contributed by atoms with van der Waals surface area (Å²) in [6, 6.07) is 3.53. The number of carbonyl (C=O) groups is 2. The minimum atomic E-state index is -0.413. The standard InChI is InChI=1S/C11H13N3O2S/c1-3-6-13-9(15)8-10(16)14(12-2)11-5-4-7-17-11/h3-5,7H,1-2,6,8H2,(H,13,15). The normalized spacial score (nSPS) is 9.41. The van der Waals surface area contributed by atoms with Gasteiger partial charge in [-0.2, -0.15) is 10.1 Å². The first-order valence-electron chi connectivity index (χ1n) is 4.89. The second kappa shape index (κ2) is 6.59. The van der Waals surface area contributed by atoms with Crippen molar-refractivity contribution >= 4 is 34.9 Å². The van der Waals surface area contributed by atoms with Gasteiger partial charge in [0.15, 0.2) is 0 Å². The molecule has 0 aliphatic rings. The Morgan fingerprint density at radius 1 is 1.59 bits per heavy atom. The number of carbonyl (C=O) groups excluding carboxylic acids is 2. The van der Waals surface area contributed by atoms with Crippen molar-refractivity contribution in [3.63, 3.8) is 0 Å². The van der Waals surface area contributed by atoms with Gasteiger partial charge in [-0.05, 0) is 17.5 Å². The van der Waals surface area contributed by atoms with Crippen molar-refractivity contribution in [2.24, 2.45) is 5.10 Å². The molecule has 0 aliphatic carbocycles. The van der Waals surface area contributed by atoms with Crippen molar-refractivity contribution in [3.8, 4) is 0 Å². The number of rotatable bonds is 6. The number of nitrogens with zero attached hydrogens (tertiary/aromatic N) is 2. The molecule has 90 valence electrons. The molecule has 17 heavy (non-hydrogen) atoms. The highest BCUT2D eigenvalue weighted by molar-refractivity contribution is 7.14. The van der Waals surface area contributed by atoms with Crippen LogP contribution in [-0.4, -0.2) is 25.1 Å². The summed E-state index contributed by atoms with van der Waals surface area (Å²) in [5, 5.41) is 9.71. The van der Waals surface area contributed by atoms with E-state index >= 15 is 0 Å². The molecule has 1 heterocycles. The molecule has 0 radical (unpaired) electrons. The highest BCUT2D eigenvalue weighted by Gasteiger charge is 2.18. The van der Waals surface area contributed by atoms with Crippen LogP contribution in [-0.2, 0) is 9.59 Å². The van der Waals surface area contributed by atoms with Crippen molar-refractivity contribution in [2.45, 2.75) is 6.42 Å². The van der Waals surface area contributed by atoms with Crippen LogP contribution in [0.3, 0.4) is 0 Å². The largest absolute Gasteiger partial charge is 0.352 e. The summed E-state index contributed by atoms with van der Waals surface area (Å²) >= 11 is 1.35. The Morgan fingerprint density at radius 3 is 2.88 bits per heavy atom. The zero-order chi connectivity index (χ0) is 12.7. The van der Waals surface area contributed by atoms with Crippen LogP contribution in [0, 0.1) is 0 Å². The van der Waals surface area contributed by atoms with Crippen molar-refractivity contribution in [1.82, 2.24) is 5.32 Å². The van der Waals surface area contributed by atoms with Gasteiger partial charge < -0.3 is 5.32 Å². The lowest BCUT2D eigenvalue weighted by Crippen LogP contribution is -2.32. The van der Waals surface area contributed by atoms with Crippen LogP contribution in [0.2, 0.25) is 0 Å². The molecule has 1 aromatic rings. The number of hydrogen-bond acceptors (Lipinski definition) is 4. The second-order valence-electron chi connectivity index (χ2n) is 3.07. The van der Waals surface area contributed by atoms with Gasteiger partial charge in [0.2, 0.25) is 5.91 Å². The van der Waals surface area contributed by atoms with Crippen LogP contribution < -0.4 is 10.3 Å². The van der Waals surface area contributed by atoms with Crippen LogP contribution in [0.5, 0.6) is 0 Å². The van der Waals surface area contributed by atoms with E-state index in [4.69, 9.17) is 0 Å². The average Bonchev–Trinajstić information content (AvgIpc) is 2.81. The molecule has 1 N–H and O–H groups in total. The molecule has 5 nitrogen and oxygen atoms in total. The zero-order valence-electron chi connectivity index (χ0n) is 9.26. The number of nitrogens with one attached hydrogen (secondary N) is 1. The molecule has 1 rings (SSSR count). The predicted octanol–water partition coefficient (Wildman–Crippen LogP) is 1.39. The van der Waals surface area contributed by atoms with Gasteiger partial charge in [0, 0.05) is 13.3 Å². The maximum atomic E-state index is 11.8. The molecule has 6 heteroatoms. The Morgan fingerprint density at radius 2 is 2.35 bits per heavy atom. The summed E-state index contributed by atoms with van der Waals surface area (Å²) in [4.78, 5) is 23.1. The van der Waals surface area contributed by atoms with Crippen LogP contribution in [0.15, 0.2) is 35.3 Å². The summed E-state index contributed by atoms with van der Waals surface area (Å²) in [6.07, 6.45) is 1.29. The number of anilines is 1. The molecule has 0 fully saturated rings. The highest BCUT2D eigenvalue weighted by atomic mass is 32.1. The van der Waals surface area contributed by atoms with Gasteiger partial charge in [-0.3, -0.25) is 9.59 Å². The zero-order valence-corrected chi connectivity index (χ0v) is 10.1. The summed E-state index contributed by atoms with van der Waals surface area (Å²) in [5.74, 6) is -0.774. The molecule has 0 unspecified atom stereocenters. The molecular weight excluding hydrogens is 238 g/mol. The van der Waals surface area contributed by atoms with Crippen LogP contribution in [0.1, 0.15) is 6.42 Å². The van der Waals surface area contributed by atoms with Gasteiger partial charge in [-0.1, -0.05) is 6.08 Å². The first-order valence-corrected chi connectivity index (χ1v) is 5.77. The first-order chi connectivity index (χ1) is 8.19. The average molecular weight is 251 g/mol. The lowest BCUT2D eigenvalue weighted by atomic mass is 10.3. The minimum Gasteiger partial charge on any atom is -0.352 e. The van der Waals surface area contributed by atoms with Gasteiger partial charge >= 0.3 is 0 Å². The van der Waals surface area contributed by atoms with E-state index < -0.39 is 5.91 Å². The Bertz CT molecular complexity index is 414. The molecule has 0 aliphatic heterocycles. The lowest BCUT2D eigenvalue weighted by Gasteiger charge is -2.13. The maximum Gasteiger partial charge on any atom is 0.257 e. The van der Waals surface area contributed by atoms with E-state index in [0.29, 0.717) is 11.5 Å². The van der Waals surface area contributed by atoms with E-state index in [9.17, 15) is 9.59 Å². The smallest absolute Gasteiger partial charge is 0.257 e. The van der Waals surface area contributed by atoms with E-state index in [-0.39, 0.29) is 12.3 Å². The second-order valence-corrected chi connectivity index (χ2v) is 3.99. The van der Waals surface area contributed by atoms with Crippen LogP contribution in [0.25, 0.3) is 0 Å². The molecule has 0 bridgehead atoms. The van der Waals surface area contributed by atoms with Crippen molar-refractivity contribution in [2.75, 3.05) is 11.6 Å². The third-order valence-corrected chi connectivity index (χ3v) is 2.69. The Labute approximate surface area is 103 Å². The fraction of sp³-hybridized carbons (Fsp3) is 0.182. The molecule has 0 atom stereocenters. The fourth-order valence-corrected chi connectivity index (χ4v) is 1.84. The van der Waals surface area contributed by atoms with Gasteiger partial charge in [0.25, 0.3) is 5.91 Å². The molecule has 0 saturated heterocycles. The van der Waals surface area contributed by atoms with E-state index in [1.54, 1.807) is 18.2 Å². The van der Waals surface area contributed by atoms with E-state index in [0.717, 1.165) is 5.01 Å². The summed E-state index contributed by atoms with van der Waals surface area (Å²) in [6.45, 7) is 7.13. The molecule has 0 saturated carbocycles. The van der Waals surface area contributed by atoms with E-state index in [1.807, 2.05) is 5.38 Å². The van der Waals surface area contributed by atoms with Crippen LogP contribution >= 0.6 is 11.3 Å².